The normalized spacial score (nSPS) is 10.6. The fourth-order valence-electron chi connectivity index (χ4n) is 4.63. The smallest absolute Gasteiger partial charge is 0.235 e. The lowest BCUT2D eigenvalue weighted by Crippen LogP contribution is -2.08. The van der Waals surface area contributed by atoms with Gasteiger partial charge in [-0.15, -0.1) is 0 Å². The molecule has 0 radical (unpaired) electrons. The third kappa shape index (κ3) is 5.48. The van der Waals surface area contributed by atoms with Crippen molar-refractivity contribution in [3.63, 3.8) is 0 Å². The standard InChI is InChI=1S/C17H14O5.C17H14O4/c1-20-11-5-3-10(4-6-11)13-9-22-16-12(15(13)19)7-8-14(18)17(16)21-2;1-19-13-10-6-9-12-14(18)17(20-2)15(21-16(12)13)11-7-4-3-5-8-11/h3-9,18H,1-2H3;3-10H,1-2H3. The monoisotopic (exact) mass is 580 g/mol. The maximum atomic E-state index is 12.6. The van der Waals surface area contributed by atoms with E-state index in [0.717, 1.165) is 11.1 Å². The van der Waals surface area contributed by atoms with Crippen LogP contribution in [-0.4, -0.2) is 33.5 Å². The van der Waals surface area contributed by atoms with Crippen LogP contribution in [0.2, 0.25) is 0 Å². The maximum absolute atomic E-state index is 12.6. The Morgan fingerprint density at radius 2 is 1.30 bits per heavy atom. The van der Waals surface area contributed by atoms with Crippen LogP contribution in [0.1, 0.15) is 0 Å². The molecule has 0 aliphatic rings. The van der Waals surface area contributed by atoms with Gasteiger partial charge >= 0.3 is 0 Å². The van der Waals surface area contributed by atoms with Crippen LogP contribution in [0.4, 0.5) is 0 Å². The topological polar surface area (TPSA) is 118 Å². The van der Waals surface area contributed by atoms with Crippen LogP contribution in [0.25, 0.3) is 44.4 Å². The number of hydrogen-bond acceptors (Lipinski definition) is 9. The van der Waals surface area contributed by atoms with Crippen molar-refractivity contribution in [2.24, 2.45) is 0 Å². The first-order valence-corrected chi connectivity index (χ1v) is 13.1. The number of methoxy groups -OCH3 is 4. The highest BCUT2D eigenvalue weighted by Gasteiger charge is 2.19. The molecule has 9 heteroatoms. The van der Waals surface area contributed by atoms with Gasteiger partial charge in [0.05, 0.1) is 44.8 Å². The Hall–Kier alpha value is -5.70. The predicted octanol–water partition coefficient (Wildman–Crippen LogP) is 6.66. The fourth-order valence-corrected chi connectivity index (χ4v) is 4.63. The van der Waals surface area contributed by atoms with E-state index in [2.05, 4.69) is 0 Å². The molecule has 0 atom stereocenters. The second-order valence-corrected chi connectivity index (χ2v) is 9.20. The Morgan fingerprint density at radius 3 is 1.95 bits per heavy atom. The summed E-state index contributed by atoms with van der Waals surface area (Å²) < 4.78 is 32.2. The molecule has 6 rings (SSSR count). The lowest BCUT2D eigenvalue weighted by Gasteiger charge is -2.10. The van der Waals surface area contributed by atoms with Gasteiger partial charge in [0.1, 0.15) is 12.0 Å². The molecule has 0 spiro atoms. The van der Waals surface area contributed by atoms with E-state index >= 15 is 0 Å². The number of aromatic hydroxyl groups is 1. The Balaban J connectivity index is 0.000000171. The minimum absolute atomic E-state index is 0.0738. The van der Waals surface area contributed by atoms with Gasteiger partial charge in [0.2, 0.25) is 22.4 Å². The average Bonchev–Trinajstić information content (AvgIpc) is 3.05. The van der Waals surface area contributed by atoms with Crippen molar-refractivity contribution in [1.82, 2.24) is 0 Å². The van der Waals surface area contributed by atoms with Crippen molar-refractivity contribution in [3.05, 3.63) is 112 Å². The summed E-state index contributed by atoms with van der Waals surface area (Å²) in [5.74, 6) is 1.90. The summed E-state index contributed by atoms with van der Waals surface area (Å²) in [6.45, 7) is 0. The molecule has 2 aromatic heterocycles. The Kier molecular flexibility index (Phi) is 8.34. The SMILES string of the molecule is COc1c(-c2ccccc2)oc2c(OC)cccc2c1=O.COc1ccc(-c2coc3c(OC)c(O)ccc3c2=O)cc1. The van der Waals surface area contributed by atoms with E-state index in [-0.39, 0.29) is 33.7 Å². The fraction of sp³-hybridized carbons (Fsp3) is 0.118. The lowest BCUT2D eigenvalue weighted by molar-refractivity contribution is 0.370. The summed E-state index contributed by atoms with van der Waals surface area (Å²) in [6.07, 6.45) is 1.37. The molecule has 6 aromatic rings. The molecule has 0 aliphatic heterocycles. The Labute approximate surface area is 246 Å². The van der Waals surface area contributed by atoms with Crippen LogP contribution in [0.15, 0.2) is 110 Å². The molecule has 4 aromatic carbocycles. The first-order valence-electron chi connectivity index (χ1n) is 13.1. The van der Waals surface area contributed by atoms with Crippen molar-refractivity contribution in [3.8, 4) is 51.2 Å². The number of hydrogen-bond donors (Lipinski definition) is 1. The molecule has 218 valence electrons. The molecule has 9 nitrogen and oxygen atoms in total. The summed E-state index contributed by atoms with van der Waals surface area (Å²) in [5, 5.41) is 10.5. The van der Waals surface area contributed by atoms with Crippen molar-refractivity contribution in [2.45, 2.75) is 0 Å². The molecule has 0 saturated carbocycles. The van der Waals surface area contributed by atoms with Crippen molar-refractivity contribution >= 4 is 21.9 Å². The molecule has 0 unspecified atom stereocenters. The zero-order valence-electron chi connectivity index (χ0n) is 23.9. The summed E-state index contributed by atoms with van der Waals surface area (Å²) in [4.78, 5) is 25.2. The van der Waals surface area contributed by atoms with Crippen LogP contribution in [0.5, 0.6) is 28.7 Å². The number of benzene rings is 4. The van der Waals surface area contributed by atoms with Gasteiger partial charge in [-0.1, -0.05) is 48.5 Å². The number of phenols is 1. The van der Waals surface area contributed by atoms with E-state index in [1.807, 2.05) is 30.3 Å². The van der Waals surface area contributed by atoms with Crippen molar-refractivity contribution in [2.75, 3.05) is 28.4 Å². The highest BCUT2D eigenvalue weighted by atomic mass is 16.5. The molecule has 1 N–H and O–H groups in total. The highest BCUT2D eigenvalue weighted by Crippen LogP contribution is 2.35. The van der Waals surface area contributed by atoms with Crippen LogP contribution >= 0.6 is 0 Å². The van der Waals surface area contributed by atoms with Gasteiger partial charge < -0.3 is 32.9 Å². The second-order valence-electron chi connectivity index (χ2n) is 9.20. The predicted molar refractivity (Wildman–Crippen MR) is 164 cm³/mol. The van der Waals surface area contributed by atoms with Gasteiger partial charge in [-0.25, -0.2) is 0 Å². The zero-order chi connectivity index (χ0) is 30.5. The van der Waals surface area contributed by atoms with Gasteiger partial charge in [-0.2, -0.15) is 0 Å². The third-order valence-electron chi connectivity index (χ3n) is 6.78. The molecular formula is C34H28O9. The van der Waals surface area contributed by atoms with E-state index in [1.165, 1.54) is 32.6 Å². The molecule has 43 heavy (non-hydrogen) atoms. The second kappa shape index (κ2) is 12.4. The van der Waals surface area contributed by atoms with Crippen molar-refractivity contribution < 1.29 is 32.9 Å². The quantitative estimate of drug-likeness (QED) is 0.231. The molecule has 0 saturated heterocycles. The summed E-state index contributed by atoms with van der Waals surface area (Å²) in [6, 6.07) is 24.6. The van der Waals surface area contributed by atoms with Gasteiger partial charge in [-0.3, -0.25) is 9.59 Å². The van der Waals surface area contributed by atoms with Crippen molar-refractivity contribution in [1.29, 1.82) is 0 Å². The molecule has 2 heterocycles. The number of rotatable bonds is 6. The van der Waals surface area contributed by atoms with Gasteiger partial charge in [0.15, 0.2) is 28.4 Å². The van der Waals surface area contributed by atoms with E-state index < -0.39 is 0 Å². The average molecular weight is 581 g/mol. The minimum Gasteiger partial charge on any atom is -0.504 e. The third-order valence-corrected chi connectivity index (χ3v) is 6.78. The lowest BCUT2D eigenvalue weighted by atomic mass is 10.1. The first kappa shape index (κ1) is 28.8. The largest absolute Gasteiger partial charge is 0.504 e. The van der Waals surface area contributed by atoms with E-state index in [0.29, 0.717) is 39.2 Å². The zero-order valence-corrected chi connectivity index (χ0v) is 23.9. The van der Waals surface area contributed by atoms with Gasteiger partial charge in [0.25, 0.3) is 0 Å². The number of ether oxygens (including phenoxy) is 4. The van der Waals surface area contributed by atoms with E-state index in [4.69, 9.17) is 27.8 Å². The van der Waals surface area contributed by atoms with Gasteiger partial charge in [-0.05, 0) is 42.0 Å². The first-order chi connectivity index (χ1) is 20.9. The Morgan fingerprint density at radius 1 is 0.605 bits per heavy atom. The Bertz CT molecular complexity index is 2010. The molecule has 0 bridgehead atoms. The van der Waals surface area contributed by atoms with Crippen LogP contribution in [0.3, 0.4) is 0 Å². The molecule has 0 amide bonds. The van der Waals surface area contributed by atoms with Crippen LogP contribution in [0, 0.1) is 0 Å². The van der Waals surface area contributed by atoms with Crippen LogP contribution < -0.4 is 29.8 Å². The molecule has 0 aliphatic carbocycles. The summed E-state index contributed by atoms with van der Waals surface area (Å²) in [7, 11) is 6.00. The van der Waals surface area contributed by atoms with Crippen LogP contribution in [-0.2, 0) is 0 Å². The number of para-hydroxylation sites is 1. The van der Waals surface area contributed by atoms with E-state index in [9.17, 15) is 14.7 Å². The van der Waals surface area contributed by atoms with E-state index in [1.54, 1.807) is 56.7 Å². The van der Waals surface area contributed by atoms with Gasteiger partial charge in [0, 0.05) is 5.56 Å². The summed E-state index contributed by atoms with van der Waals surface area (Å²) in [5.41, 5.74) is 2.18. The molecular weight excluding hydrogens is 552 g/mol. The highest BCUT2D eigenvalue weighted by molar-refractivity contribution is 5.88. The minimum atomic E-state index is -0.212. The maximum Gasteiger partial charge on any atom is 0.235 e. The molecule has 0 fully saturated rings. The number of fused-ring (bicyclic) bond motifs is 2. The number of phenolic OH excluding ortho intramolecular Hbond substituents is 1. The summed E-state index contributed by atoms with van der Waals surface area (Å²) >= 11 is 0.